The second-order valence-corrected chi connectivity index (χ2v) is 10.1. The van der Waals surface area contributed by atoms with Gasteiger partial charge >= 0.3 is 0 Å². The van der Waals surface area contributed by atoms with E-state index in [0.717, 1.165) is 22.5 Å². The number of carbonyl (C=O) groups is 1. The molecule has 3 aromatic heterocycles. The Balaban J connectivity index is 1.28. The molecular weight excluding hydrogens is 525 g/mol. The Bertz CT molecular complexity index is 1850. The van der Waals surface area contributed by atoms with Crippen molar-refractivity contribution >= 4 is 23.2 Å². The molecule has 2 aliphatic rings. The zero-order valence-corrected chi connectivity index (χ0v) is 21.1. The maximum atomic E-state index is 15.3. The number of amides is 1. The molecule has 11 nitrogen and oxygen atoms in total. The van der Waals surface area contributed by atoms with Crippen molar-refractivity contribution in [3.05, 3.63) is 87.3 Å². The molecule has 39 heavy (non-hydrogen) atoms. The van der Waals surface area contributed by atoms with Gasteiger partial charge < -0.3 is 10.3 Å². The minimum absolute atomic E-state index is 0.0297. The molecular formula is C26H19ClFN9O2. The number of tetrazole rings is 1. The molecule has 0 fully saturated rings. The van der Waals surface area contributed by atoms with E-state index in [9.17, 15) is 9.59 Å². The molecule has 2 N–H and O–H groups in total. The number of carbonyl (C=O) groups excluding carboxylic acids is 1. The number of nitrogens with zero attached hydrogens (tertiary/aromatic N) is 7. The largest absolute Gasteiger partial charge is 0.340 e. The summed E-state index contributed by atoms with van der Waals surface area (Å²) < 4.78 is 18.2. The van der Waals surface area contributed by atoms with Gasteiger partial charge in [-0.15, -0.1) is 5.10 Å². The Kier molecular flexibility index (Phi) is 5.20. The number of halogens is 2. The van der Waals surface area contributed by atoms with Gasteiger partial charge in [-0.1, -0.05) is 30.7 Å². The molecule has 13 heteroatoms. The topological polar surface area (TPSA) is 136 Å². The van der Waals surface area contributed by atoms with Crippen LogP contribution < -0.4 is 10.9 Å². The van der Waals surface area contributed by atoms with E-state index in [2.05, 4.69) is 30.8 Å². The Morgan fingerprint density at radius 3 is 2.85 bits per heavy atom. The van der Waals surface area contributed by atoms with E-state index in [-0.39, 0.29) is 39.7 Å². The molecule has 2 atom stereocenters. The van der Waals surface area contributed by atoms with Gasteiger partial charge in [0.2, 0.25) is 5.91 Å². The number of aromatic amines is 1. The van der Waals surface area contributed by atoms with Gasteiger partial charge in [0.15, 0.2) is 5.82 Å². The van der Waals surface area contributed by atoms with Crippen LogP contribution in [0.3, 0.4) is 0 Å². The number of H-pyrrole nitrogens is 1. The molecule has 0 aliphatic carbocycles. The van der Waals surface area contributed by atoms with Crippen LogP contribution in [0.4, 0.5) is 10.1 Å². The average Bonchev–Trinajstić information content (AvgIpc) is 3.71. The predicted octanol–water partition coefficient (Wildman–Crippen LogP) is 3.66. The number of anilines is 1. The van der Waals surface area contributed by atoms with E-state index in [1.165, 1.54) is 23.1 Å². The molecule has 1 amide bonds. The number of hydrogen-bond donors (Lipinski definition) is 2. The highest BCUT2D eigenvalue weighted by atomic mass is 35.5. The first-order chi connectivity index (χ1) is 18.9. The van der Waals surface area contributed by atoms with Gasteiger partial charge in [-0.05, 0) is 40.6 Å². The number of hydrogen-bond acceptors (Lipinski definition) is 7. The number of nitrogens with one attached hydrogen (secondary N) is 2. The minimum Gasteiger partial charge on any atom is -0.340 e. The molecule has 0 saturated heterocycles. The summed E-state index contributed by atoms with van der Waals surface area (Å²) in [7, 11) is 0. The lowest BCUT2D eigenvalue weighted by atomic mass is 10.1. The maximum absolute atomic E-state index is 15.3. The van der Waals surface area contributed by atoms with Crippen LogP contribution in [0.25, 0.3) is 28.2 Å². The molecule has 2 aliphatic heterocycles. The fourth-order valence-corrected chi connectivity index (χ4v) is 5.52. The van der Waals surface area contributed by atoms with Crippen molar-refractivity contribution in [3.63, 3.8) is 0 Å². The number of rotatable bonds is 4. The lowest BCUT2D eigenvalue weighted by Gasteiger charge is -2.15. The van der Waals surface area contributed by atoms with Crippen LogP contribution in [0.5, 0.6) is 0 Å². The third-order valence-electron chi connectivity index (χ3n) is 7.19. The summed E-state index contributed by atoms with van der Waals surface area (Å²) in [4.78, 5) is 37.9. The Hall–Kier alpha value is -4.71. The molecule has 7 rings (SSSR count). The summed E-state index contributed by atoms with van der Waals surface area (Å²) in [6, 6.07) is 9.66. The molecule has 5 heterocycles. The van der Waals surface area contributed by atoms with Crippen molar-refractivity contribution in [1.29, 1.82) is 0 Å². The zero-order chi connectivity index (χ0) is 26.8. The van der Waals surface area contributed by atoms with E-state index in [1.807, 2.05) is 25.1 Å². The fourth-order valence-electron chi connectivity index (χ4n) is 5.36. The highest BCUT2D eigenvalue weighted by molar-refractivity contribution is 6.31. The molecule has 2 aromatic carbocycles. The van der Waals surface area contributed by atoms with Gasteiger partial charge in [0.25, 0.3) is 5.56 Å². The van der Waals surface area contributed by atoms with Crippen molar-refractivity contribution in [3.8, 4) is 28.2 Å². The van der Waals surface area contributed by atoms with Crippen LogP contribution in [-0.4, -0.2) is 45.6 Å². The van der Waals surface area contributed by atoms with Crippen molar-refractivity contribution in [2.45, 2.75) is 31.7 Å². The standard InChI is InChI=1S/C26H19ClFN9O2/c1-12-6-20(25-29-10-18(32-25)13-2-3-14-8-21(38)31-16(14)7-13)37-22(39)9-17(33-26(12)37)23-19(36-11-30-34-35-36)5-4-15(27)24(23)28/h2-5,7,9-12,20H,6,8H2,1H3,(H,29,32)(H,31,38)/t12-,20-/m1/s1. The van der Waals surface area contributed by atoms with Crippen LogP contribution in [0.2, 0.25) is 5.02 Å². The first-order valence-corrected chi connectivity index (χ1v) is 12.6. The van der Waals surface area contributed by atoms with E-state index in [4.69, 9.17) is 16.6 Å². The van der Waals surface area contributed by atoms with Crippen molar-refractivity contribution in [2.24, 2.45) is 0 Å². The summed E-state index contributed by atoms with van der Waals surface area (Å²) >= 11 is 6.10. The van der Waals surface area contributed by atoms with Gasteiger partial charge in [0.1, 0.15) is 18.0 Å². The second-order valence-electron chi connectivity index (χ2n) is 9.65. The van der Waals surface area contributed by atoms with Gasteiger partial charge in [0, 0.05) is 23.2 Å². The molecule has 0 saturated carbocycles. The summed E-state index contributed by atoms with van der Waals surface area (Å²) in [5.41, 5.74) is 3.52. The van der Waals surface area contributed by atoms with Crippen LogP contribution in [0.1, 0.15) is 42.5 Å². The van der Waals surface area contributed by atoms with E-state index < -0.39 is 5.82 Å². The molecule has 194 valence electrons. The highest BCUT2D eigenvalue weighted by Crippen LogP contribution is 2.39. The second kappa shape index (κ2) is 8.67. The summed E-state index contributed by atoms with van der Waals surface area (Å²) in [5.74, 6) is 0.274. The van der Waals surface area contributed by atoms with Gasteiger partial charge in [-0.3, -0.25) is 14.2 Å². The number of benzene rings is 2. The van der Waals surface area contributed by atoms with Crippen LogP contribution in [0, 0.1) is 5.82 Å². The minimum atomic E-state index is -0.718. The monoisotopic (exact) mass is 543 g/mol. The summed E-state index contributed by atoms with van der Waals surface area (Å²) in [6.45, 7) is 1.96. The first-order valence-electron chi connectivity index (χ1n) is 12.2. The average molecular weight is 544 g/mol. The van der Waals surface area contributed by atoms with Gasteiger partial charge in [0.05, 0.1) is 46.3 Å². The molecule has 0 spiro atoms. The molecule has 0 radical (unpaired) electrons. The molecule has 5 aromatic rings. The Labute approximate surface area is 224 Å². The molecule has 0 bridgehead atoms. The van der Waals surface area contributed by atoms with Crippen LogP contribution in [-0.2, 0) is 11.2 Å². The van der Waals surface area contributed by atoms with Crippen molar-refractivity contribution in [2.75, 3.05) is 5.32 Å². The van der Waals surface area contributed by atoms with Crippen LogP contribution >= 0.6 is 11.6 Å². The number of aromatic nitrogens is 8. The Morgan fingerprint density at radius 1 is 1.15 bits per heavy atom. The summed E-state index contributed by atoms with van der Waals surface area (Å²) in [6.07, 6.45) is 3.99. The number of fused-ring (bicyclic) bond motifs is 2. The van der Waals surface area contributed by atoms with Gasteiger partial charge in [-0.2, -0.15) is 4.68 Å². The SMILES string of the molecule is C[C@@H]1C[C@H](c2ncc(-c3ccc4c(c3)NC(=O)C4)[nH]2)n2c1nc(-c1c(-n3cnnn3)ccc(Cl)c1F)cc2=O. The zero-order valence-electron chi connectivity index (χ0n) is 20.4. The van der Waals surface area contributed by atoms with Crippen molar-refractivity contribution < 1.29 is 9.18 Å². The van der Waals surface area contributed by atoms with E-state index in [0.29, 0.717) is 30.2 Å². The summed E-state index contributed by atoms with van der Waals surface area (Å²) in [5, 5.41) is 13.9. The van der Waals surface area contributed by atoms with Crippen LogP contribution in [0.15, 0.2) is 53.7 Å². The smallest absolute Gasteiger partial charge is 0.254 e. The molecule has 0 unspecified atom stereocenters. The Morgan fingerprint density at radius 2 is 2.03 bits per heavy atom. The first kappa shape index (κ1) is 23.4. The van der Waals surface area contributed by atoms with Crippen molar-refractivity contribution in [1.82, 2.24) is 39.7 Å². The number of imidazole rings is 1. The highest BCUT2D eigenvalue weighted by Gasteiger charge is 2.34. The van der Waals surface area contributed by atoms with Gasteiger partial charge in [-0.25, -0.2) is 14.4 Å². The maximum Gasteiger partial charge on any atom is 0.254 e. The third-order valence-corrected chi connectivity index (χ3v) is 7.48. The lowest BCUT2D eigenvalue weighted by Crippen LogP contribution is -2.25. The van der Waals surface area contributed by atoms with E-state index >= 15 is 4.39 Å². The predicted molar refractivity (Wildman–Crippen MR) is 139 cm³/mol. The van der Waals surface area contributed by atoms with E-state index in [1.54, 1.807) is 16.8 Å². The normalized spacial score (nSPS) is 17.8. The quantitative estimate of drug-likeness (QED) is 0.353. The third kappa shape index (κ3) is 3.75. The lowest BCUT2D eigenvalue weighted by molar-refractivity contribution is -0.115. The fraction of sp³-hybridized carbons (Fsp3) is 0.192.